The van der Waals surface area contributed by atoms with Crippen molar-refractivity contribution in [2.75, 3.05) is 13.2 Å². The van der Waals surface area contributed by atoms with Gasteiger partial charge in [0, 0.05) is 17.7 Å². The van der Waals surface area contributed by atoms with Gasteiger partial charge >= 0.3 is 0 Å². The number of hydrogen-bond donors (Lipinski definition) is 0. The van der Waals surface area contributed by atoms with Crippen LogP contribution in [0.2, 0.25) is 0 Å². The maximum atomic E-state index is 12.1. The number of rotatable bonds is 6. The summed E-state index contributed by atoms with van der Waals surface area (Å²) < 4.78 is 5.19. The van der Waals surface area contributed by atoms with Crippen molar-refractivity contribution in [3.05, 3.63) is 47.5 Å². The first-order valence-corrected chi connectivity index (χ1v) is 5.58. The van der Waals surface area contributed by atoms with Gasteiger partial charge in [0.2, 0.25) is 0 Å². The van der Waals surface area contributed by atoms with Gasteiger partial charge in [-0.05, 0) is 18.9 Å². The third-order valence-electron chi connectivity index (χ3n) is 2.44. The molecule has 0 radical (unpaired) electrons. The summed E-state index contributed by atoms with van der Waals surface area (Å²) in [5.74, 6) is -0.00843. The first-order chi connectivity index (χ1) is 7.70. The number of benzene rings is 1. The van der Waals surface area contributed by atoms with E-state index in [0.717, 1.165) is 17.5 Å². The molecule has 2 heteroatoms. The van der Waals surface area contributed by atoms with Gasteiger partial charge in [-0.15, -0.1) is 0 Å². The third kappa shape index (κ3) is 3.04. The van der Waals surface area contributed by atoms with Crippen LogP contribution in [0.15, 0.2) is 36.4 Å². The number of hydrogen-bond acceptors (Lipinski definition) is 2. The molecule has 0 spiro atoms. The van der Waals surface area contributed by atoms with Gasteiger partial charge in [-0.1, -0.05) is 37.8 Å². The summed E-state index contributed by atoms with van der Waals surface area (Å²) in [5.41, 5.74) is 2.32. The van der Waals surface area contributed by atoms with E-state index in [1.807, 2.05) is 38.1 Å². The third-order valence-corrected chi connectivity index (χ3v) is 2.44. The van der Waals surface area contributed by atoms with Gasteiger partial charge in [-0.25, -0.2) is 0 Å². The smallest absolute Gasteiger partial charge is 0.191 e. The highest BCUT2D eigenvalue weighted by Crippen LogP contribution is 2.14. The number of ether oxygens (including phenoxy) is 1. The van der Waals surface area contributed by atoms with Gasteiger partial charge in [0.1, 0.15) is 0 Å². The van der Waals surface area contributed by atoms with E-state index < -0.39 is 0 Å². The van der Waals surface area contributed by atoms with Crippen molar-refractivity contribution in [3.8, 4) is 0 Å². The molecule has 1 aromatic carbocycles. The van der Waals surface area contributed by atoms with E-state index in [1.54, 1.807) is 0 Å². The molecule has 0 N–H and O–H groups in total. The molecule has 0 aliphatic carbocycles. The Morgan fingerprint density at radius 1 is 1.31 bits per heavy atom. The predicted molar refractivity (Wildman–Crippen MR) is 65.8 cm³/mol. The van der Waals surface area contributed by atoms with Gasteiger partial charge in [0.15, 0.2) is 5.78 Å². The summed E-state index contributed by atoms with van der Waals surface area (Å²) >= 11 is 0. The summed E-state index contributed by atoms with van der Waals surface area (Å²) in [6.45, 7) is 8.62. The Hall–Kier alpha value is -1.41. The zero-order valence-corrected chi connectivity index (χ0v) is 9.95. The Morgan fingerprint density at radius 2 is 2.00 bits per heavy atom. The Balaban J connectivity index is 2.83. The van der Waals surface area contributed by atoms with E-state index in [0.29, 0.717) is 18.8 Å². The van der Waals surface area contributed by atoms with Crippen LogP contribution in [-0.2, 0) is 11.2 Å². The number of Topliss-reactive ketones (excluding diaryl/α,β-unsaturated/α-hetero) is 1. The van der Waals surface area contributed by atoms with Crippen molar-refractivity contribution in [2.45, 2.75) is 20.3 Å². The summed E-state index contributed by atoms with van der Waals surface area (Å²) in [5, 5.41) is 0. The Bertz CT molecular complexity index is 380. The molecular formula is C14H18O2. The van der Waals surface area contributed by atoms with Crippen LogP contribution >= 0.6 is 0 Å². The molecule has 0 aliphatic rings. The van der Waals surface area contributed by atoms with Gasteiger partial charge in [0.05, 0.1) is 6.61 Å². The highest BCUT2D eigenvalue weighted by atomic mass is 16.5. The summed E-state index contributed by atoms with van der Waals surface area (Å²) in [6, 6.07) is 7.64. The standard InChI is InChI=1S/C14H18O2/c1-4-12-8-6-7-9-13(12)14(15)11(3)10-16-5-2/h6-9H,3-5,10H2,1-2H3. The summed E-state index contributed by atoms with van der Waals surface area (Å²) in [7, 11) is 0. The summed E-state index contributed by atoms with van der Waals surface area (Å²) in [4.78, 5) is 12.1. The van der Waals surface area contributed by atoms with Crippen molar-refractivity contribution in [3.63, 3.8) is 0 Å². The lowest BCUT2D eigenvalue weighted by Gasteiger charge is -2.08. The molecule has 0 aromatic heterocycles. The van der Waals surface area contributed by atoms with Gasteiger partial charge in [-0.3, -0.25) is 4.79 Å². The number of ketones is 1. The molecule has 0 unspecified atom stereocenters. The second kappa shape index (κ2) is 6.23. The quantitative estimate of drug-likeness (QED) is 0.542. The molecule has 86 valence electrons. The first-order valence-electron chi connectivity index (χ1n) is 5.58. The fourth-order valence-electron chi connectivity index (χ4n) is 1.53. The topological polar surface area (TPSA) is 26.3 Å². The van der Waals surface area contributed by atoms with Gasteiger partial charge in [0.25, 0.3) is 0 Å². The molecule has 0 atom stereocenters. The van der Waals surface area contributed by atoms with E-state index in [4.69, 9.17) is 4.74 Å². The van der Waals surface area contributed by atoms with Crippen LogP contribution in [0.5, 0.6) is 0 Å². The highest BCUT2D eigenvalue weighted by molar-refractivity contribution is 6.09. The molecule has 0 fully saturated rings. The number of aryl methyl sites for hydroxylation is 1. The maximum Gasteiger partial charge on any atom is 0.191 e. The average Bonchev–Trinajstić information content (AvgIpc) is 2.34. The minimum atomic E-state index is -0.00843. The van der Waals surface area contributed by atoms with Gasteiger partial charge < -0.3 is 4.74 Å². The molecular weight excluding hydrogens is 200 g/mol. The minimum absolute atomic E-state index is 0.00843. The predicted octanol–water partition coefficient (Wildman–Crippen LogP) is 3.02. The van der Waals surface area contributed by atoms with E-state index in [-0.39, 0.29) is 5.78 Å². The second-order valence-corrected chi connectivity index (χ2v) is 3.58. The number of carbonyl (C=O) groups excluding carboxylic acids is 1. The molecule has 2 nitrogen and oxygen atoms in total. The van der Waals surface area contributed by atoms with E-state index in [1.165, 1.54) is 0 Å². The minimum Gasteiger partial charge on any atom is -0.377 e. The van der Waals surface area contributed by atoms with Crippen LogP contribution in [0.1, 0.15) is 29.8 Å². The average molecular weight is 218 g/mol. The lowest BCUT2D eigenvalue weighted by molar-refractivity contribution is 0.0990. The largest absolute Gasteiger partial charge is 0.377 e. The molecule has 0 amide bonds. The van der Waals surface area contributed by atoms with Crippen LogP contribution in [-0.4, -0.2) is 19.0 Å². The van der Waals surface area contributed by atoms with Crippen molar-refractivity contribution in [1.29, 1.82) is 0 Å². The van der Waals surface area contributed by atoms with Gasteiger partial charge in [-0.2, -0.15) is 0 Å². The van der Waals surface area contributed by atoms with E-state index >= 15 is 0 Å². The van der Waals surface area contributed by atoms with Crippen LogP contribution in [0.4, 0.5) is 0 Å². The zero-order chi connectivity index (χ0) is 12.0. The van der Waals surface area contributed by atoms with Crippen molar-refractivity contribution in [1.82, 2.24) is 0 Å². The molecule has 0 heterocycles. The first kappa shape index (κ1) is 12.7. The van der Waals surface area contributed by atoms with Crippen molar-refractivity contribution in [2.24, 2.45) is 0 Å². The lowest BCUT2D eigenvalue weighted by atomic mass is 9.98. The zero-order valence-electron chi connectivity index (χ0n) is 9.95. The van der Waals surface area contributed by atoms with Crippen LogP contribution in [0.3, 0.4) is 0 Å². The normalized spacial score (nSPS) is 10.1. The fraction of sp³-hybridized carbons (Fsp3) is 0.357. The Kier molecular flexibility index (Phi) is 4.93. The van der Waals surface area contributed by atoms with Crippen LogP contribution < -0.4 is 0 Å². The van der Waals surface area contributed by atoms with Crippen molar-refractivity contribution >= 4 is 5.78 Å². The molecule has 0 saturated heterocycles. The van der Waals surface area contributed by atoms with Crippen LogP contribution in [0.25, 0.3) is 0 Å². The van der Waals surface area contributed by atoms with E-state index in [9.17, 15) is 4.79 Å². The SMILES string of the molecule is C=C(COCC)C(=O)c1ccccc1CC. The maximum absolute atomic E-state index is 12.1. The second-order valence-electron chi connectivity index (χ2n) is 3.58. The van der Waals surface area contributed by atoms with Crippen molar-refractivity contribution < 1.29 is 9.53 Å². The molecule has 0 bridgehead atoms. The number of carbonyl (C=O) groups is 1. The lowest BCUT2D eigenvalue weighted by Crippen LogP contribution is -2.10. The molecule has 0 saturated carbocycles. The summed E-state index contributed by atoms with van der Waals surface area (Å²) in [6.07, 6.45) is 0.851. The monoisotopic (exact) mass is 218 g/mol. The Morgan fingerprint density at radius 3 is 2.62 bits per heavy atom. The molecule has 16 heavy (non-hydrogen) atoms. The van der Waals surface area contributed by atoms with E-state index in [2.05, 4.69) is 6.58 Å². The van der Waals surface area contributed by atoms with Crippen LogP contribution in [0, 0.1) is 0 Å². The Labute approximate surface area is 96.9 Å². The highest BCUT2D eigenvalue weighted by Gasteiger charge is 2.12. The molecule has 1 aromatic rings. The fourth-order valence-corrected chi connectivity index (χ4v) is 1.53. The molecule has 0 aliphatic heterocycles. The molecule has 1 rings (SSSR count).